The highest BCUT2D eigenvalue weighted by Crippen LogP contribution is 2.37. The Kier molecular flexibility index (Phi) is 2.70. The standard InChI is InChI=1S/C13H12BrN3O/c1-17-13-11(7-15-17)10(6-12(18)16-13)8-3-2-4-9(14)5-8/h2-5,7,10H,6H2,1H3,(H,16,18)/t10-/m1/s1. The molecule has 18 heavy (non-hydrogen) atoms. The van der Waals surface area contributed by atoms with Gasteiger partial charge in [-0.25, -0.2) is 0 Å². The molecule has 1 aromatic carbocycles. The van der Waals surface area contributed by atoms with Crippen LogP contribution in [0.3, 0.4) is 0 Å². The molecule has 1 aliphatic heterocycles. The first-order valence-corrected chi connectivity index (χ1v) is 6.51. The molecule has 92 valence electrons. The van der Waals surface area contributed by atoms with Gasteiger partial charge in [0.05, 0.1) is 6.20 Å². The van der Waals surface area contributed by atoms with Crippen LogP contribution in [-0.4, -0.2) is 15.7 Å². The molecule has 0 aliphatic carbocycles. The van der Waals surface area contributed by atoms with Crippen LogP contribution in [0.1, 0.15) is 23.5 Å². The van der Waals surface area contributed by atoms with Gasteiger partial charge in [-0.2, -0.15) is 5.10 Å². The molecule has 4 nitrogen and oxygen atoms in total. The Bertz CT molecular complexity index is 620. The van der Waals surface area contributed by atoms with Crippen molar-refractivity contribution in [2.75, 3.05) is 5.32 Å². The summed E-state index contributed by atoms with van der Waals surface area (Å²) in [5.41, 5.74) is 2.21. The molecule has 3 rings (SSSR count). The lowest BCUT2D eigenvalue weighted by Crippen LogP contribution is -2.24. The molecule has 5 heteroatoms. The highest BCUT2D eigenvalue weighted by atomic mass is 79.9. The molecule has 1 aromatic heterocycles. The monoisotopic (exact) mass is 305 g/mol. The van der Waals surface area contributed by atoms with E-state index in [1.54, 1.807) is 4.68 Å². The van der Waals surface area contributed by atoms with Crippen LogP contribution in [0.5, 0.6) is 0 Å². The van der Waals surface area contributed by atoms with Crippen LogP contribution >= 0.6 is 15.9 Å². The van der Waals surface area contributed by atoms with Gasteiger partial charge in [-0.1, -0.05) is 28.1 Å². The maximum absolute atomic E-state index is 11.8. The van der Waals surface area contributed by atoms with Crippen LogP contribution in [0.4, 0.5) is 5.82 Å². The van der Waals surface area contributed by atoms with Crippen LogP contribution in [0.15, 0.2) is 34.9 Å². The molecule has 0 radical (unpaired) electrons. The lowest BCUT2D eigenvalue weighted by molar-refractivity contribution is -0.116. The molecule has 1 atom stereocenters. The Morgan fingerprint density at radius 1 is 1.50 bits per heavy atom. The van der Waals surface area contributed by atoms with Crippen molar-refractivity contribution in [1.29, 1.82) is 0 Å². The topological polar surface area (TPSA) is 46.9 Å². The largest absolute Gasteiger partial charge is 0.311 e. The Hall–Kier alpha value is -1.62. The fraction of sp³-hybridized carbons (Fsp3) is 0.231. The Morgan fingerprint density at radius 3 is 3.11 bits per heavy atom. The van der Waals surface area contributed by atoms with E-state index in [0.29, 0.717) is 6.42 Å². The second-order valence-electron chi connectivity index (χ2n) is 4.43. The number of carbonyl (C=O) groups is 1. The van der Waals surface area contributed by atoms with E-state index in [1.807, 2.05) is 31.4 Å². The van der Waals surface area contributed by atoms with Gasteiger partial charge in [0, 0.05) is 29.4 Å². The summed E-state index contributed by atoms with van der Waals surface area (Å²) < 4.78 is 2.73. The van der Waals surface area contributed by atoms with E-state index >= 15 is 0 Å². The van der Waals surface area contributed by atoms with E-state index in [0.717, 1.165) is 21.4 Å². The van der Waals surface area contributed by atoms with Crippen molar-refractivity contribution < 1.29 is 4.79 Å². The van der Waals surface area contributed by atoms with Gasteiger partial charge in [-0.05, 0) is 17.7 Å². The Morgan fingerprint density at radius 2 is 2.33 bits per heavy atom. The molecule has 2 aromatic rings. The minimum Gasteiger partial charge on any atom is -0.311 e. The Labute approximate surface area is 113 Å². The van der Waals surface area contributed by atoms with Gasteiger partial charge in [0.2, 0.25) is 5.91 Å². The van der Waals surface area contributed by atoms with E-state index in [4.69, 9.17) is 0 Å². The van der Waals surface area contributed by atoms with Crippen LogP contribution in [-0.2, 0) is 11.8 Å². The lowest BCUT2D eigenvalue weighted by atomic mass is 9.87. The van der Waals surface area contributed by atoms with Crippen molar-refractivity contribution in [3.8, 4) is 0 Å². The lowest BCUT2D eigenvalue weighted by Gasteiger charge is -2.23. The molecule has 0 saturated carbocycles. The number of aryl methyl sites for hydroxylation is 1. The zero-order chi connectivity index (χ0) is 12.7. The quantitative estimate of drug-likeness (QED) is 0.880. The number of carbonyl (C=O) groups excluding carboxylic acids is 1. The summed E-state index contributed by atoms with van der Waals surface area (Å²) in [7, 11) is 1.84. The summed E-state index contributed by atoms with van der Waals surface area (Å²) in [5, 5.41) is 7.09. The summed E-state index contributed by atoms with van der Waals surface area (Å²) in [6, 6.07) is 8.07. The minimum atomic E-state index is 0.0380. The number of hydrogen-bond donors (Lipinski definition) is 1. The van der Waals surface area contributed by atoms with Gasteiger partial charge in [-0.15, -0.1) is 0 Å². The number of aromatic nitrogens is 2. The smallest absolute Gasteiger partial charge is 0.226 e. The van der Waals surface area contributed by atoms with Gasteiger partial charge in [0.15, 0.2) is 0 Å². The maximum Gasteiger partial charge on any atom is 0.226 e. The minimum absolute atomic E-state index is 0.0380. The number of benzene rings is 1. The van der Waals surface area contributed by atoms with Crippen LogP contribution < -0.4 is 5.32 Å². The normalized spacial score (nSPS) is 18.3. The third-order valence-electron chi connectivity index (χ3n) is 3.24. The fourth-order valence-corrected chi connectivity index (χ4v) is 2.78. The van der Waals surface area contributed by atoms with Crippen molar-refractivity contribution in [2.24, 2.45) is 7.05 Å². The summed E-state index contributed by atoms with van der Waals surface area (Å²) in [4.78, 5) is 11.8. The van der Waals surface area contributed by atoms with Crippen molar-refractivity contribution in [3.63, 3.8) is 0 Å². The van der Waals surface area contributed by atoms with E-state index in [1.165, 1.54) is 0 Å². The second kappa shape index (κ2) is 4.24. The predicted molar refractivity (Wildman–Crippen MR) is 72.4 cm³/mol. The molecule has 0 fully saturated rings. The van der Waals surface area contributed by atoms with E-state index in [2.05, 4.69) is 32.4 Å². The summed E-state index contributed by atoms with van der Waals surface area (Å²) in [5.74, 6) is 0.923. The predicted octanol–water partition coefficient (Wildman–Crippen LogP) is 2.66. The van der Waals surface area contributed by atoms with Gasteiger partial charge >= 0.3 is 0 Å². The first kappa shape index (κ1) is 11.5. The van der Waals surface area contributed by atoms with Crippen LogP contribution in [0.2, 0.25) is 0 Å². The third kappa shape index (κ3) is 1.84. The number of hydrogen-bond acceptors (Lipinski definition) is 2. The van der Waals surface area contributed by atoms with E-state index in [-0.39, 0.29) is 11.8 Å². The molecular weight excluding hydrogens is 294 g/mol. The Balaban J connectivity index is 2.10. The van der Waals surface area contributed by atoms with E-state index in [9.17, 15) is 4.79 Å². The first-order chi connectivity index (χ1) is 8.65. The van der Waals surface area contributed by atoms with E-state index < -0.39 is 0 Å². The third-order valence-corrected chi connectivity index (χ3v) is 3.73. The fourth-order valence-electron chi connectivity index (χ4n) is 2.36. The average Bonchev–Trinajstić information content (AvgIpc) is 2.70. The van der Waals surface area contributed by atoms with Crippen molar-refractivity contribution >= 4 is 27.7 Å². The number of rotatable bonds is 1. The summed E-state index contributed by atoms with van der Waals surface area (Å²) >= 11 is 3.47. The SMILES string of the molecule is Cn1ncc2c1NC(=O)C[C@@H]2c1cccc(Br)c1. The van der Waals surface area contributed by atoms with Gasteiger partial charge in [0.1, 0.15) is 5.82 Å². The average molecular weight is 306 g/mol. The number of amides is 1. The molecule has 0 spiro atoms. The highest BCUT2D eigenvalue weighted by molar-refractivity contribution is 9.10. The van der Waals surface area contributed by atoms with Crippen LogP contribution in [0.25, 0.3) is 0 Å². The summed E-state index contributed by atoms with van der Waals surface area (Å²) in [6.07, 6.45) is 2.30. The molecule has 1 aliphatic rings. The van der Waals surface area contributed by atoms with Crippen molar-refractivity contribution in [3.05, 3.63) is 46.1 Å². The molecule has 1 amide bonds. The molecule has 1 N–H and O–H groups in total. The van der Waals surface area contributed by atoms with Crippen molar-refractivity contribution in [1.82, 2.24) is 9.78 Å². The second-order valence-corrected chi connectivity index (χ2v) is 5.35. The molecule has 0 unspecified atom stereocenters. The van der Waals surface area contributed by atoms with Crippen molar-refractivity contribution in [2.45, 2.75) is 12.3 Å². The van der Waals surface area contributed by atoms with Gasteiger partial charge < -0.3 is 5.32 Å². The number of halogens is 1. The molecule has 0 bridgehead atoms. The highest BCUT2D eigenvalue weighted by Gasteiger charge is 2.29. The number of nitrogens with zero attached hydrogens (tertiary/aromatic N) is 2. The number of nitrogens with one attached hydrogen (secondary N) is 1. The summed E-state index contributed by atoms with van der Waals surface area (Å²) in [6.45, 7) is 0. The number of fused-ring (bicyclic) bond motifs is 1. The molecular formula is C13H12BrN3O. The maximum atomic E-state index is 11.8. The van der Waals surface area contributed by atoms with Gasteiger partial charge in [0.25, 0.3) is 0 Å². The number of anilines is 1. The van der Waals surface area contributed by atoms with Gasteiger partial charge in [-0.3, -0.25) is 9.48 Å². The molecule has 0 saturated heterocycles. The zero-order valence-corrected chi connectivity index (χ0v) is 11.4. The molecule has 2 heterocycles. The zero-order valence-electron chi connectivity index (χ0n) is 9.85. The van der Waals surface area contributed by atoms with Crippen LogP contribution in [0, 0.1) is 0 Å². The first-order valence-electron chi connectivity index (χ1n) is 5.72.